The summed E-state index contributed by atoms with van der Waals surface area (Å²) in [6.45, 7) is 3.95. The van der Waals surface area contributed by atoms with Crippen molar-refractivity contribution in [1.82, 2.24) is 24.5 Å². The maximum absolute atomic E-state index is 13.3. The fourth-order valence-electron chi connectivity index (χ4n) is 3.18. The van der Waals surface area contributed by atoms with E-state index in [4.69, 9.17) is 5.73 Å². The van der Waals surface area contributed by atoms with Crippen molar-refractivity contribution in [3.8, 4) is 5.69 Å². The molecule has 0 unspecified atom stereocenters. The van der Waals surface area contributed by atoms with E-state index in [0.29, 0.717) is 22.4 Å². The molecule has 2 N–H and O–H groups in total. The van der Waals surface area contributed by atoms with E-state index in [1.165, 1.54) is 0 Å². The molecule has 7 nitrogen and oxygen atoms in total. The smallest absolute Gasteiger partial charge is 0.266 e. The van der Waals surface area contributed by atoms with Crippen LogP contribution in [0.25, 0.3) is 28.7 Å². The Labute approximate surface area is 161 Å². The molecule has 0 aliphatic rings. The zero-order chi connectivity index (χ0) is 19.7. The Hall–Kier alpha value is -3.87. The summed E-state index contributed by atoms with van der Waals surface area (Å²) in [6.07, 6.45) is 8.28. The van der Waals surface area contributed by atoms with Gasteiger partial charge in [-0.05, 0) is 49.3 Å². The topological polar surface area (TPSA) is 99.6 Å². The standard InChI is InChI=1S/C21H18N6O/c1-13-4-3-5-14(2)19(13)27-18(7-6-15-8-11-24-21(22)25-15)26-17-12-23-10-9-16(17)20(27)28/h3-12H,1-2H3,(H2,22,24,25)/b7-6+. The number of hydrogen-bond acceptors (Lipinski definition) is 6. The molecular weight excluding hydrogens is 352 g/mol. The summed E-state index contributed by atoms with van der Waals surface area (Å²) >= 11 is 0. The normalized spacial score (nSPS) is 11.4. The van der Waals surface area contributed by atoms with Crippen molar-refractivity contribution in [3.05, 3.63) is 81.9 Å². The third-order valence-electron chi connectivity index (χ3n) is 4.46. The number of benzene rings is 1. The third kappa shape index (κ3) is 3.14. The summed E-state index contributed by atoms with van der Waals surface area (Å²) in [6, 6.07) is 9.34. The van der Waals surface area contributed by atoms with Gasteiger partial charge in [0.15, 0.2) is 0 Å². The molecule has 138 valence electrons. The Morgan fingerprint density at radius 1 is 1.00 bits per heavy atom. The number of rotatable bonds is 3. The minimum Gasteiger partial charge on any atom is -0.368 e. The van der Waals surface area contributed by atoms with Gasteiger partial charge < -0.3 is 5.73 Å². The molecule has 0 fully saturated rings. The lowest BCUT2D eigenvalue weighted by Crippen LogP contribution is -2.24. The summed E-state index contributed by atoms with van der Waals surface area (Å²) in [4.78, 5) is 30.2. The van der Waals surface area contributed by atoms with Gasteiger partial charge in [0.1, 0.15) is 5.82 Å². The molecule has 4 aromatic rings. The Bertz CT molecular complexity index is 1260. The summed E-state index contributed by atoms with van der Waals surface area (Å²) in [5.41, 5.74) is 9.46. The number of aryl methyl sites for hydroxylation is 2. The molecule has 0 saturated carbocycles. The number of nitrogen functional groups attached to an aromatic ring is 1. The largest absolute Gasteiger partial charge is 0.368 e. The van der Waals surface area contributed by atoms with Crippen LogP contribution in [0.3, 0.4) is 0 Å². The van der Waals surface area contributed by atoms with Gasteiger partial charge in [0, 0.05) is 12.4 Å². The van der Waals surface area contributed by atoms with Gasteiger partial charge in [0.25, 0.3) is 5.56 Å². The number of fused-ring (bicyclic) bond motifs is 1. The predicted molar refractivity (Wildman–Crippen MR) is 110 cm³/mol. The van der Waals surface area contributed by atoms with Gasteiger partial charge in [-0.25, -0.2) is 15.0 Å². The monoisotopic (exact) mass is 370 g/mol. The van der Waals surface area contributed by atoms with Gasteiger partial charge >= 0.3 is 0 Å². The van der Waals surface area contributed by atoms with E-state index in [0.717, 1.165) is 16.8 Å². The predicted octanol–water partition coefficient (Wildman–Crippen LogP) is 2.94. The molecule has 0 saturated heterocycles. The second kappa shape index (κ2) is 7.03. The Morgan fingerprint density at radius 3 is 2.54 bits per heavy atom. The minimum atomic E-state index is -0.147. The maximum Gasteiger partial charge on any atom is 0.266 e. The fraction of sp³-hybridized carbons (Fsp3) is 0.0952. The van der Waals surface area contributed by atoms with Gasteiger partial charge in [-0.3, -0.25) is 14.3 Å². The number of nitrogens with zero attached hydrogens (tertiary/aromatic N) is 5. The van der Waals surface area contributed by atoms with Crippen molar-refractivity contribution in [2.24, 2.45) is 0 Å². The van der Waals surface area contributed by atoms with E-state index in [2.05, 4.69) is 19.9 Å². The summed E-state index contributed by atoms with van der Waals surface area (Å²) in [7, 11) is 0. The zero-order valence-electron chi connectivity index (χ0n) is 15.5. The van der Waals surface area contributed by atoms with Crippen LogP contribution in [0.2, 0.25) is 0 Å². The van der Waals surface area contributed by atoms with Crippen LogP contribution in [0.4, 0.5) is 5.95 Å². The number of nitrogens with two attached hydrogens (primary N) is 1. The van der Waals surface area contributed by atoms with Crippen molar-refractivity contribution in [2.75, 3.05) is 5.73 Å². The molecule has 3 heterocycles. The average molecular weight is 370 g/mol. The summed E-state index contributed by atoms with van der Waals surface area (Å²) in [5, 5.41) is 0.515. The Kier molecular flexibility index (Phi) is 4.41. The molecule has 28 heavy (non-hydrogen) atoms. The first kappa shape index (κ1) is 17.5. The first-order chi connectivity index (χ1) is 13.5. The van der Waals surface area contributed by atoms with Crippen LogP contribution in [-0.2, 0) is 0 Å². The Morgan fingerprint density at radius 2 is 1.79 bits per heavy atom. The number of hydrogen-bond donors (Lipinski definition) is 1. The molecule has 4 rings (SSSR count). The lowest BCUT2D eigenvalue weighted by molar-refractivity contribution is 0.923. The molecule has 0 atom stereocenters. The van der Waals surface area contributed by atoms with Crippen molar-refractivity contribution in [1.29, 1.82) is 0 Å². The highest BCUT2D eigenvalue weighted by Crippen LogP contribution is 2.21. The molecule has 0 amide bonds. The molecule has 0 aliphatic carbocycles. The minimum absolute atomic E-state index is 0.147. The van der Waals surface area contributed by atoms with Crippen molar-refractivity contribution >= 4 is 29.0 Å². The van der Waals surface area contributed by atoms with Crippen LogP contribution < -0.4 is 11.3 Å². The highest BCUT2D eigenvalue weighted by atomic mass is 16.1. The number of para-hydroxylation sites is 1. The molecule has 0 radical (unpaired) electrons. The van der Waals surface area contributed by atoms with E-state index < -0.39 is 0 Å². The van der Waals surface area contributed by atoms with E-state index in [1.54, 1.807) is 47.4 Å². The molecule has 0 aliphatic heterocycles. The van der Waals surface area contributed by atoms with E-state index in [-0.39, 0.29) is 11.5 Å². The van der Waals surface area contributed by atoms with Crippen LogP contribution in [-0.4, -0.2) is 24.5 Å². The number of pyridine rings is 1. The molecule has 7 heteroatoms. The van der Waals surface area contributed by atoms with Gasteiger partial charge in [-0.15, -0.1) is 0 Å². The first-order valence-electron chi connectivity index (χ1n) is 8.74. The molecule has 3 aromatic heterocycles. The lowest BCUT2D eigenvalue weighted by atomic mass is 10.1. The van der Waals surface area contributed by atoms with Crippen molar-refractivity contribution in [2.45, 2.75) is 13.8 Å². The quantitative estimate of drug-likeness (QED) is 0.595. The van der Waals surface area contributed by atoms with E-state index in [1.807, 2.05) is 32.0 Å². The van der Waals surface area contributed by atoms with Crippen LogP contribution in [0, 0.1) is 13.8 Å². The van der Waals surface area contributed by atoms with E-state index >= 15 is 0 Å². The van der Waals surface area contributed by atoms with Crippen LogP contribution in [0.5, 0.6) is 0 Å². The maximum atomic E-state index is 13.3. The van der Waals surface area contributed by atoms with E-state index in [9.17, 15) is 4.79 Å². The highest BCUT2D eigenvalue weighted by Gasteiger charge is 2.14. The van der Waals surface area contributed by atoms with Crippen LogP contribution >= 0.6 is 0 Å². The van der Waals surface area contributed by atoms with Gasteiger partial charge in [-0.2, -0.15) is 0 Å². The van der Waals surface area contributed by atoms with Gasteiger partial charge in [0.2, 0.25) is 5.95 Å². The molecule has 0 spiro atoms. The average Bonchev–Trinajstić information content (AvgIpc) is 2.68. The Balaban J connectivity index is 2.00. The molecule has 1 aromatic carbocycles. The van der Waals surface area contributed by atoms with Crippen LogP contribution in [0.1, 0.15) is 22.6 Å². The van der Waals surface area contributed by atoms with Gasteiger partial charge in [0.05, 0.1) is 28.5 Å². The fourth-order valence-corrected chi connectivity index (χ4v) is 3.18. The lowest BCUT2D eigenvalue weighted by Gasteiger charge is -2.16. The summed E-state index contributed by atoms with van der Waals surface area (Å²) < 4.78 is 1.63. The zero-order valence-corrected chi connectivity index (χ0v) is 15.5. The van der Waals surface area contributed by atoms with Crippen molar-refractivity contribution in [3.63, 3.8) is 0 Å². The van der Waals surface area contributed by atoms with Gasteiger partial charge in [-0.1, -0.05) is 18.2 Å². The first-order valence-corrected chi connectivity index (χ1v) is 8.74. The second-order valence-corrected chi connectivity index (χ2v) is 6.42. The molecular formula is C21H18N6O. The number of aromatic nitrogens is 5. The van der Waals surface area contributed by atoms with Crippen LogP contribution in [0.15, 0.2) is 53.7 Å². The summed E-state index contributed by atoms with van der Waals surface area (Å²) in [5.74, 6) is 0.671. The third-order valence-corrected chi connectivity index (χ3v) is 4.46. The SMILES string of the molecule is Cc1cccc(C)c1-n1c(/C=C/c2ccnc(N)n2)nc2cnccc2c1=O. The second-order valence-electron chi connectivity index (χ2n) is 6.42. The van der Waals surface area contributed by atoms with Crippen molar-refractivity contribution < 1.29 is 0 Å². The molecule has 0 bridgehead atoms. The number of anilines is 1. The highest BCUT2D eigenvalue weighted by molar-refractivity contribution is 5.79.